The lowest BCUT2D eigenvalue weighted by Crippen LogP contribution is -2.38. The Bertz CT molecular complexity index is 750. The minimum Gasteiger partial charge on any atom is -0.451 e. The molecule has 2 aliphatic rings. The predicted molar refractivity (Wildman–Crippen MR) is 101 cm³/mol. The average molecular weight is 419 g/mol. The van der Waals surface area contributed by atoms with E-state index in [1.165, 1.54) is 10.4 Å². The number of carbonyl (C=O) groups excluding carboxylic acids is 2. The second-order valence-corrected chi connectivity index (χ2v) is 10.3. The molecule has 1 aliphatic heterocycles. The first-order valence-electron chi connectivity index (χ1n) is 8.60. The summed E-state index contributed by atoms with van der Waals surface area (Å²) in [7, 11) is -3.72. The summed E-state index contributed by atoms with van der Waals surface area (Å²) < 4.78 is 32.0. The monoisotopic (exact) mass is 418 g/mol. The minimum atomic E-state index is -3.72. The fraction of sp³-hybridized carbons (Fsp3) is 0.625. The summed E-state index contributed by atoms with van der Waals surface area (Å²) in [6.45, 7) is 0.468. The smallest absolute Gasteiger partial charge is 0.350 e. The summed E-state index contributed by atoms with van der Waals surface area (Å²) in [4.78, 5) is 24.2. The zero-order valence-corrected chi connectivity index (χ0v) is 16.8. The van der Waals surface area contributed by atoms with Crippen molar-refractivity contribution >= 4 is 45.0 Å². The lowest BCUT2D eigenvalue weighted by Gasteiger charge is -2.25. The molecule has 1 amide bonds. The van der Waals surface area contributed by atoms with Gasteiger partial charge in [-0.1, -0.05) is 12.8 Å². The molecule has 1 aromatic rings. The van der Waals surface area contributed by atoms with Crippen LogP contribution in [-0.4, -0.2) is 61.8 Å². The number of thiophene rings is 1. The van der Waals surface area contributed by atoms with Crippen molar-refractivity contribution in [3.05, 3.63) is 16.3 Å². The van der Waals surface area contributed by atoms with E-state index in [1.54, 1.807) is 17.1 Å². The first-order valence-corrected chi connectivity index (χ1v) is 12.1. The summed E-state index contributed by atoms with van der Waals surface area (Å²) in [6.07, 6.45) is 4.08. The number of hydrogen-bond acceptors (Lipinski definition) is 7. The lowest BCUT2D eigenvalue weighted by molar-refractivity contribution is -0.124. The number of thioether (sulfide) groups is 1. The molecule has 0 aromatic carbocycles. The van der Waals surface area contributed by atoms with Gasteiger partial charge in [0.15, 0.2) is 6.61 Å². The summed E-state index contributed by atoms with van der Waals surface area (Å²) in [5.41, 5.74) is 0. The van der Waals surface area contributed by atoms with Crippen LogP contribution in [-0.2, 0) is 19.6 Å². The molecule has 0 atom stereocenters. The highest BCUT2D eigenvalue weighted by molar-refractivity contribution is 7.99. The molecule has 1 saturated carbocycles. The van der Waals surface area contributed by atoms with Crippen LogP contribution in [0.4, 0.5) is 0 Å². The van der Waals surface area contributed by atoms with Crippen LogP contribution in [0.25, 0.3) is 0 Å². The highest BCUT2D eigenvalue weighted by Crippen LogP contribution is 2.27. The van der Waals surface area contributed by atoms with E-state index in [9.17, 15) is 18.0 Å². The molecule has 7 nitrogen and oxygen atoms in total. The molecule has 1 N–H and O–H groups in total. The van der Waals surface area contributed by atoms with E-state index in [4.69, 9.17) is 4.74 Å². The van der Waals surface area contributed by atoms with Crippen LogP contribution in [0, 0.1) is 0 Å². The third kappa shape index (κ3) is 4.59. The van der Waals surface area contributed by atoms with Gasteiger partial charge in [0.25, 0.3) is 5.91 Å². The van der Waals surface area contributed by atoms with Crippen LogP contribution in [0.2, 0.25) is 0 Å². The van der Waals surface area contributed by atoms with Crippen molar-refractivity contribution in [3.63, 3.8) is 0 Å². The van der Waals surface area contributed by atoms with Gasteiger partial charge in [-0.2, -0.15) is 16.1 Å². The maximum atomic E-state index is 12.8. The Morgan fingerprint density at radius 2 is 1.92 bits per heavy atom. The van der Waals surface area contributed by atoms with Gasteiger partial charge >= 0.3 is 5.97 Å². The Morgan fingerprint density at radius 3 is 2.62 bits per heavy atom. The summed E-state index contributed by atoms with van der Waals surface area (Å²) in [6, 6.07) is 1.58. The molecule has 0 radical (unpaired) electrons. The van der Waals surface area contributed by atoms with Crippen molar-refractivity contribution in [2.75, 3.05) is 31.2 Å². The maximum absolute atomic E-state index is 12.8. The molecule has 10 heteroatoms. The molecule has 2 heterocycles. The normalized spacial score (nSPS) is 19.4. The number of nitrogens with zero attached hydrogens (tertiary/aromatic N) is 1. The second kappa shape index (κ2) is 8.73. The number of amides is 1. The summed E-state index contributed by atoms with van der Waals surface area (Å²) >= 11 is 2.72. The molecule has 2 fully saturated rings. The largest absolute Gasteiger partial charge is 0.451 e. The number of esters is 1. The third-order valence-electron chi connectivity index (χ3n) is 4.46. The van der Waals surface area contributed by atoms with Crippen molar-refractivity contribution in [1.82, 2.24) is 9.62 Å². The van der Waals surface area contributed by atoms with E-state index >= 15 is 0 Å². The molecule has 1 aromatic heterocycles. The standard InChI is InChI=1S/C16H22N2O5S3/c19-14(17-12-3-1-2-4-12)11-23-16(20)15-13(5-8-25-15)26(21,22)18-6-9-24-10-7-18/h5,8,12H,1-4,6-7,9-11H2,(H,17,19). The first-order chi connectivity index (χ1) is 12.5. The van der Waals surface area contributed by atoms with Crippen molar-refractivity contribution in [2.24, 2.45) is 0 Å². The minimum absolute atomic E-state index is 0.0249. The van der Waals surface area contributed by atoms with Crippen molar-refractivity contribution in [1.29, 1.82) is 0 Å². The Morgan fingerprint density at radius 1 is 1.23 bits per heavy atom. The molecule has 1 aliphatic carbocycles. The SMILES string of the molecule is O=C(COC(=O)c1sccc1S(=O)(=O)N1CCSCC1)NC1CCCC1. The Balaban J connectivity index is 1.61. The quantitative estimate of drug-likeness (QED) is 0.707. The van der Waals surface area contributed by atoms with E-state index in [2.05, 4.69) is 5.32 Å². The molecule has 0 spiro atoms. The van der Waals surface area contributed by atoms with Crippen LogP contribution >= 0.6 is 23.1 Å². The molecule has 3 rings (SSSR count). The number of rotatable bonds is 6. The zero-order chi connectivity index (χ0) is 18.6. The van der Waals surface area contributed by atoms with Gasteiger partial charge in [-0.15, -0.1) is 11.3 Å². The predicted octanol–water partition coefficient (Wildman–Crippen LogP) is 1.70. The van der Waals surface area contributed by atoms with Gasteiger partial charge in [0.1, 0.15) is 9.77 Å². The molecular formula is C16H22N2O5S3. The fourth-order valence-corrected chi connectivity index (χ4v) is 6.97. The Labute approximate surface area is 161 Å². The Kier molecular flexibility index (Phi) is 6.60. The highest BCUT2D eigenvalue weighted by Gasteiger charge is 2.32. The van der Waals surface area contributed by atoms with E-state index in [0.29, 0.717) is 13.1 Å². The number of ether oxygens (including phenoxy) is 1. The van der Waals surface area contributed by atoms with Crippen LogP contribution in [0.1, 0.15) is 35.4 Å². The van der Waals surface area contributed by atoms with Crippen LogP contribution < -0.4 is 5.32 Å². The number of hydrogen-bond donors (Lipinski definition) is 1. The van der Waals surface area contributed by atoms with Gasteiger partial charge in [0.05, 0.1) is 0 Å². The molecule has 26 heavy (non-hydrogen) atoms. The van der Waals surface area contributed by atoms with E-state index in [-0.39, 0.29) is 21.7 Å². The van der Waals surface area contributed by atoms with Gasteiger partial charge in [0.2, 0.25) is 10.0 Å². The molecule has 0 unspecified atom stereocenters. The van der Waals surface area contributed by atoms with Gasteiger partial charge in [-0.3, -0.25) is 4.79 Å². The van der Waals surface area contributed by atoms with Crippen LogP contribution in [0.3, 0.4) is 0 Å². The topological polar surface area (TPSA) is 92.8 Å². The Hall–Kier alpha value is -1.10. The van der Waals surface area contributed by atoms with E-state index < -0.39 is 22.6 Å². The summed E-state index contributed by atoms with van der Waals surface area (Å²) in [5, 5.41) is 4.39. The molecule has 1 saturated heterocycles. The third-order valence-corrected chi connectivity index (χ3v) is 8.36. The second-order valence-electron chi connectivity index (χ2n) is 6.26. The van der Waals surface area contributed by atoms with Crippen molar-refractivity contribution in [2.45, 2.75) is 36.6 Å². The number of nitrogens with one attached hydrogen (secondary N) is 1. The van der Waals surface area contributed by atoms with Gasteiger partial charge in [-0.25, -0.2) is 13.2 Å². The summed E-state index contributed by atoms with van der Waals surface area (Å²) in [5.74, 6) is 0.361. The fourth-order valence-electron chi connectivity index (χ4n) is 3.11. The van der Waals surface area contributed by atoms with Crippen LogP contribution in [0.5, 0.6) is 0 Å². The maximum Gasteiger partial charge on any atom is 0.350 e. The highest BCUT2D eigenvalue weighted by atomic mass is 32.2. The molecular weight excluding hydrogens is 396 g/mol. The van der Waals surface area contributed by atoms with Crippen LogP contribution in [0.15, 0.2) is 16.3 Å². The first kappa shape index (κ1) is 19.7. The number of sulfonamides is 1. The molecule has 144 valence electrons. The zero-order valence-electron chi connectivity index (χ0n) is 14.3. The average Bonchev–Trinajstić information content (AvgIpc) is 3.32. The van der Waals surface area contributed by atoms with E-state index in [0.717, 1.165) is 48.5 Å². The van der Waals surface area contributed by atoms with Crippen molar-refractivity contribution in [3.8, 4) is 0 Å². The van der Waals surface area contributed by atoms with Crippen molar-refractivity contribution < 1.29 is 22.7 Å². The van der Waals surface area contributed by atoms with Gasteiger partial charge in [0, 0.05) is 30.6 Å². The number of carbonyl (C=O) groups is 2. The lowest BCUT2D eigenvalue weighted by atomic mass is 10.2. The molecule has 0 bridgehead atoms. The van der Waals surface area contributed by atoms with Gasteiger partial charge < -0.3 is 10.1 Å². The van der Waals surface area contributed by atoms with E-state index in [1.807, 2.05) is 0 Å². The van der Waals surface area contributed by atoms with Gasteiger partial charge in [-0.05, 0) is 24.3 Å².